The lowest BCUT2D eigenvalue weighted by atomic mass is 10.0. The van der Waals surface area contributed by atoms with Crippen LogP contribution in [0.2, 0.25) is 0 Å². The number of anilines is 2. The van der Waals surface area contributed by atoms with Crippen LogP contribution in [0.3, 0.4) is 0 Å². The Morgan fingerprint density at radius 2 is 1.85 bits per heavy atom. The molecule has 0 fully saturated rings. The van der Waals surface area contributed by atoms with Gasteiger partial charge in [0, 0.05) is 34.6 Å². The van der Waals surface area contributed by atoms with Crippen molar-refractivity contribution in [3.63, 3.8) is 0 Å². The molecular weight excluding hydrogens is 534 g/mol. The van der Waals surface area contributed by atoms with E-state index in [0.717, 1.165) is 0 Å². The largest absolute Gasteiger partial charge is 0.495 e. The molecular formula is C29H24F2N6O4. The maximum absolute atomic E-state index is 15.3. The predicted molar refractivity (Wildman–Crippen MR) is 144 cm³/mol. The lowest BCUT2D eigenvalue weighted by Crippen LogP contribution is -2.47. The number of halogens is 2. The molecule has 0 saturated carbocycles. The minimum absolute atomic E-state index is 0.0727. The van der Waals surface area contributed by atoms with Crippen LogP contribution in [0.15, 0.2) is 67.0 Å². The Kier molecular flexibility index (Phi) is 7.11. The number of nitrogens with zero attached hydrogens (tertiary/aromatic N) is 5. The van der Waals surface area contributed by atoms with E-state index in [0.29, 0.717) is 18.0 Å². The molecule has 0 aliphatic carbocycles. The number of carbonyl (C=O) groups excluding carboxylic acids is 2. The van der Waals surface area contributed by atoms with E-state index in [-0.39, 0.29) is 45.6 Å². The van der Waals surface area contributed by atoms with Crippen molar-refractivity contribution in [2.45, 2.75) is 25.4 Å². The molecule has 1 N–H and O–H groups in total. The molecule has 41 heavy (non-hydrogen) atoms. The zero-order valence-corrected chi connectivity index (χ0v) is 22.3. The van der Waals surface area contributed by atoms with Crippen molar-refractivity contribution in [3.05, 3.63) is 94.9 Å². The zero-order chi connectivity index (χ0) is 29.3. The number of methoxy groups -OCH3 is 2. The van der Waals surface area contributed by atoms with Gasteiger partial charge in [0.25, 0.3) is 17.7 Å². The van der Waals surface area contributed by atoms with Crippen LogP contribution in [-0.2, 0) is 12.5 Å². The van der Waals surface area contributed by atoms with E-state index in [1.165, 1.54) is 90.8 Å². The standard InChI is InChI=1S/C29H24F2N6O4/c1-17-16-36-26(23(15-34-36)35-27(38)18-4-9-24(40-2)19(12-18)14-32)28(39)37(17)22-7-5-20(6-8-22)29(30,31)21-10-11-33-25(13-21)41-3/h4-13,15,17H,16H2,1-3H3,(H,35,38)/t17-/m0/s1. The van der Waals surface area contributed by atoms with Gasteiger partial charge in [0.1, 0.15) is 17.5 Å². The Morgan fingerprint density at radius 3 is 2.54 bits per heavy atom. The number of aromatic nitrogens is 3. The number of amides is 2. The van der Waals surface area contributed by atoms with Crippen molar-refractivity contribution < 1.29 is 27.8 Å². The third-order valence-electron chi connectivity index (χ3n) is 6.78. The number of rotatable bonds is 7. The number of pyridine rings is 1. The highest BCUT2D eigenvalue weighted by Crippen LogP contribution is 2.38. The summed E-state index contributed by atoms with van der Waals surface area (Å²) in [4.78, 5) is 32.0. The van der Waals surface area contributed by atoms with Crippen LogP contribution in [0.25, 0.3) is 0 Å². The number of nitrogens with one attached hydrogen (secondary N) is 1. The summed E-state index contributed by atoms with van der Waals surface area (Å²) in [5, 5.41) is 16.3. The van der Waals surface area contributed by atoms with Gasteiger partial charge in [-0.2, -0.15) is 19.1 Å². The second-order valence-electron chi connectivity index (χ2n) is 9.30. The minimum atomic E-state index is -3.32. The molecule has 0 saturated heterocycles. The van der Waals surface area contributed by atoms with E-state index < -0.39 is 17.7 Å². The number of hydrogen-bond donors (Lipinski definition) is 1. The van der Waals surface area contributed by atoms with Crippen molar-refractivity contribution in [2.75, 3.05) is 24.4 Å². The van der Waals surface area contributed by atoms with Gasteiger partial charge in [-0.3, -0.25) is 14.3 Å². The fraction of sp³-hybridized carbons (Fsp3) is 0.207. The number of fused-ring (bicyclic) bond motifs is 1. The van der Waals surface area contributed by atoms with Gasteiger partial charge in [-0.15, -0.1) is 0 Å². The lowest BCUT2D eigenvalue weighted by molar-refractivity contribution is 0.0425. The quantitative estimate of drug-likeness (QED) is 0.352. The van der Waals surface area contributed by atoms with Gasteiger partial charge in [-0.1, -0.05) is 12.1 Å². The molecule has 1 aliphatic heterocycles. The molecule has 0 radical (unpaired) electrons. The molecule has 0 spiro atoms. The Morgan fingerprint density at radius 1 is 1.10 bits per heavy atom. The summed E-state index contributed by atoms with van der Waals surface area (Å²) >= 11 is 0. The molecule has 5 rings (SSSR count). The Labute approximate surface area is 233 Å². The second-order valence-corrected chi connectivity index (χ2v) is 9.30. The molecule has 10 nitrogen and oxygen atoms in total. The summed E-state index contributed by atoms with van der Waals surface area (Å²) < 4.78 is 42.1. The van der Waals surface area contributed by atoms with E-state index in [4.69, 9.17) is 9.47 Å². The Balaban J connectivity index is 1.40. The highest BCUT2D eigenvalue weighted by molar-refractivity contribution is 6.13. The maximum atomic E-state index is 15.3. The van der Waals surface area contributed by atoms with Crippen LogP contribution in [0, 0.1) is 11.3 Å². The van der Waals surface area contributed by atoms with Crippen molar-refractivity contribution in [2.24, 2.45) is 0 Å². The Hall–Kier alpha value is -5.31. The molecule has 1 atom stereocenters. The maximum Gasteiger partial charge on any atom is 0.298 e. The first-order valence-corrected chi connectivity index (χ1v) is 12.5. The van der Waals surface area contributed by atoms with Gasteiger partial charge in [0.15, 0.2) is 0 Å². The third kappa shape index (κ3) is 4.93. The summed E-state index contributed by atoms with van der Waals surface area (Å²) in [6, 6.07) is 13.9. The number of nitriles is 1. The molecule has 3 heterocycles. The number of carbonyl (C=O) groups is 2. The molecule has 0 unspecified atom stereocenters. The number of benzene rings is 2. The van der Waals surface area contributed by atoms with Gasteiger partial charge < -0.3 is 19.7 Å². The predicted octanol–water partition coefficient (Wildman–Crippen LogP) is 4.61. The summed E-state index contributed by atoms with van der Waals surface area (Å²) in [5.74, 6) is -3.92. The summed E-state index contributed by atoms with van der Waals surface area (Å²) in [6.07, 6.45) is 2.63. The SMILES string of the molecule is COc1cc(C(F)(F)c2ccc(N3C(=O)c4c(NC(=O)c5ccc(OC)c(C#N)c5)cnn4C[C@@H]3C)cc2)ccn1. The molecule has 2 aromatic heterocycles. The fourth-order valence-electron chi connectivity index (χ4n) is 4.70. The monoisotopic (exact) mass is 558 g/mol. The van der Waals surface area contributed by atoms with Gasteiger partial charge in [-0.05, 0) is 43.3 Å². The van der Waals surface area contributed by atoms with Crippen LogP contribution in [0.4, 0.5) is 20.2 Å². The molecule has 12 heteroatoms. The molecule has 2 amide bonds. The molecule has 1 aliphatic rings. The van der Waals surface area contributed by atoms with Crippen LogP contribution >= 0.6 is 0 Å². The number of alkyl halides is 2. The van der Waals surface area contributed by atoms with E-state index in [9.17, 15) is 14.9 Å². The summed E-state index contributed by atoms with van der Waals surface area (Å²) in [7, 11) is 2.77. The topological polar surface area (TPSA) is 122 Å². The van der Waals surface area contributed by atoms with Crippen LogP contribution in [0.1, 0.15) is 44.5 Å². The lowest BCUT2D eigenvalue weighted by Gasteiger charge is -2.34. The van der Waals surface area contributed by atoms with Crippen molar-refractivity contribution in [1.29, 1.82) is 5.26 Å². The van der Waals surface area contributed by atoms with Crippen LogP contribution in [0.5, 0.6) is 11.6 Å². The van der Waals surface area contributed by atoms with Gasteiger partial charge in [-0.25, -0.2) is 4.98 Å². The highest BCUT2D eigenvalue weighted by atomic mass is 19.3. The number of ether oxygens (including phenoxy) is 2. The fourth-order valence-corrected chi connectivity index (χ4v) is 4.70. The van der Waals surface area contributed by atoms with Crippen molar-refractivity contribution >= 4 is 23.2 Å². The van der Waals surface area contributed by atoms with E-state index in [1.54, 1.807) is 0 Å². The van der Waals surface area contributed by atoms with Gasteiger partial charge in [0.05, 0.1) is 44.3 Å². The van der Waals surface area contributed by atoms with Crippen LogP contribution in [-0.4, -0.2) is 46.8 Å². The first-order valence-electron chi connectivity index (χ1n) is 12.5. The van der Waals surface area contributed by atoms with Crippen molar-refractivity contribution in [1.82, 2.24) is 14.8 Å². The van der Waals surface area contributed by atoms with E-state index in [2.05, 4.69) is 15.4 Å². The van der Waals surface area contributed by atoms with E-state index in [1.807, 2.05) is 13.0 Å². The molecule has 208 valence electrons. The molecule has 4 aromatic rings. The first kappa shape index (κ1) is 27.3. The van der Waals surface area contributed by atoms with E-state index >= 15 is 8.78 Å². The summed E-state index contributed by atoms with van der Waals surface area (Å²) in [6.45, 7) is 2.13. The second kappa shape index (κ2) is 10.7. The highest BCUT2D eigenvalue weighted by Gasteiger charge is 2.37. The molecule has 2 aromatic carbocycles. The Bertz CT molecular complexity index is 1680. The third-order valence-corrected chi connectivity index (χ3v) is 6.78. The average Bonchev–Trinajstić information content (AvgIpc) is 3.39. The average molecular weight is 559 g/mol. The normalized spacial score (nSPS) is 14.7. The first-order chi connectivity index (χ1) is 19.7. The minimum Gasteiger partial charge on any atom is -0.495 e. The number of hydrogen-bond acceptors (Lipinski definition) is 7. The van der Waals surface area contributed by atoms with Gasteiger partial charge in [0.2, 0.25) is 5.88 Å². The van der Waals surface area contributed by atoms with Gasteiger partial charge >= 0.3 is 0 Å². The van der Waals surface area contributed by atoms with Crippen molar-refractivity contribution in [3.8, 4) is 17.7 Å². The summed E-state index contributed by atoms with van der Waals surface area (Å²) in [5.41, 5.74) is 0.575. The van der Waals surface area contributed by atoms with Crippen LogP contribution < -0.4 is 19.7 Å². The smallest absolute Gasteiger partial charge is 0.298 e. The molecule has 0 bridgehead atoms. The zero-order valence-electron chi connectivity index (χ0n) is 22.3.